The summed E-state index contributed by atoms with van der Waals surface area (Å²) in [4.78, 5) is 0. The molecule has 3 heteroatoms. The van der Waals surface area contributed by atoms with E-state index in [9.17, 15) is 0 Å². The molecule has 0 aromatic heterocycles. The van der Waals surface area contributed by atoms with E-state index in [0.717, 1.165) is 18.7 Å². The molecule has 1 aliphatic carbocycles. The van der Waals surface area contributed by atoms with Crippen molar-refractivity contribution < 1.29 is 14.8 Å². The molecule has 2 atom stereocenters. The molecule has 1 aromatic rings. The third kappa shape index (κ3) is 3.95. The van der Waals surface area contributed by atoms with Gasteiger partial charge in [0.15, 0.2) is 0 Å². The van der Waals surface area contributed by atoms with Gasteiger partial charge in [-0.15, -0.1) is 0 Å². The van der Waals surface area contributed by atoms with E-state index in [1.807, 2.05) is 19.2 Å². The van der Waals surface area contributed by atoms with Gasteiger partial charge in [0.1, 0.15) is 17.9 Å². The summed E-state index contributed by atoms with van der Waals surface area (Å²) >= 11 is 0. The van der Waals surface area contributed by atoms with Crippen LogP contribution in [0.5, 0.6) is 5.75 Å². The molecule has 19 heavy (non-hydrogen) atoms. The van der Waals surface area contributed by atoms with Crippen LogP contribution in [0, 0.1) is 0 Å². The zero-order valence-electron chi connectivity index (χ0n) is 12.1. The molecule has 0 amide bonds. The van der Waals surface area contributed by atoms with Crippen molar-refractivity contribution in [3.63, 3.8) is 0 Å². The van der Waals surface area contributed by atoms with Crippen LogP contribution in [0.3, 0.4) is 0 Å². The van der Waals surface area contributed by atoms with Crippen LogP contribution < -0.4 is 10.1 Å². The Morgan fingerprint density at radius 3 is 2.74 bits per heavy atom. The number of hydrogen-bond donors (Lipinski definition) is 1. The minimum atomic E-state index is 0.436. The van der Waals surface area contributed by atoms with Crippen LogP contribution in [0.1, 0.15) is 31.2 Å². The van der Waals surface area contributed by atoms with Crippen molar-refractivity contribution in [3.8, 4) is 5.75 Å². The highest BCUT2D eigenvalue weighted by molar-refractivity contribution is 5.33. The molecule has 1 aromatic carbocycles. The predicted octanol–water partition coefficient (Wildman–Crippen LogP) is 1.76. The molecule has 0 unspecified atom stereocenters. The van der Waals surface area contributed by atoms with Gasteiger partial charge in [-0.3, -0.25) is 0 Å². The standard InChI is InChI=1S/C16H25NO2/c1-18-15-9-5-3-7-13(15)11-12-17-14-8-4-6-10-16(14)19-2/h3,5,7,9,14,16-17H,4,6,8,10-12H2,1-2H3/p+1/t14-,16-/m1/s1. The fourth-order valence-electron chi connectivity index (χ4n) is 3.05. The molecule has 0 heterocycles. The van der Waals surface area contributed by atoms with Crippen LogP contribution in [-0.4, -0.2) is 32.9 Å². The second-order valence-corrected chi connectivity index (χ2v) is 5.31. The van der Waals surface area contributed by atoms with Crippen molar-refractivity contribution in [2.45, 2.75) is 44.2 Å². The lowest BCUT2D eigenvalue weighted by atomic mass is 9.92. The van der Waals surface area contributed by atoms with Crippen LogP contribution in [0.15, 0.2) is 24.3 Å². The minimum Gasteiger partial charge on any atom is -0.496 e. The van der Waals surface area contributed by atoms with Crippen molar-refractivity contribution in [1.82, 2.24) is 0 Å². The van der Waals surface area contributed by atoms with Gasteiger partial charge in [-0.1, -0.05) is 24.6 Å². The maximum Gasteiger partial charge on any atom is 0.122 e. The number of rotatable bonds is 6. The van der Waals surface area contributed by atoms with Crippen LogP contribution in [-0.2, 0) is 11.2 Å². The van der Waals surface area contributed by atoms with Gasteiger partial charge < -0.3 is 14.8 Å². The van der Waals surface area contributed by atoms with E-state index in [4.69, 9.17) is 9.47 Å². The maximum absolute atomic E-state index is 5.60. The van der Waals surface area contributed by atoms with Crippen LogP contribution >= 0.6 is 0 Å². The molecule has 3 nitrogen and oxygen atoms in total. The molecule has 0 radical (unpaired) electrons. The van der Waals surface area contributed by atoms with Gasteiger partial charge in [-0.25, -0.2) is 0 Å². The topological polar surface area (TPSA) is 35.1 Å². The number of ether oxygens (including phenoxy) is 2. The normalized spacial score (nSPS) is 23.3. The molecule has 0 bridgehead atoms. The summed E-state index contributed by atoms with van der Waals surface area (Å²) in [7, 11) is 3.59. The number of benzene rings is 1. The Morgan fingerprint density at radius 1 is 1.16 bits per heavy atom. The van der Waals surface area contributed by atoms with Crippen molar-refractivity contribution in [2.24, 2.45) is 0 Å². The average molecular weight is 264 g/mol. The molecular weight excluding hydrogens is 238 g/mol. The van der Waals surface area contributed by atoms with E-state index in [1.54, 1.807) is 7.11 Å². The molecule has 2 N–H and O–H groups in total. The average Bonchev–Trinajstić information content (AvgIpc) is 2.48. The van der Waals surface area contributed by atoms with Crippen molar-refractivity contribution in [3.05, 3.63) is 29.8 Å². The number of methoxy groups -OCH3 is 2. The molecule has 0 saturated heterocycles. The Hall–Kier alpha value is -1.06. The highest BCUT2D eigenvalue weighted by atomic mass is 16.5. The first kappa shape index (κ1) is 14.4. The van der Waals surface area contributed by atoms with Crippen molar-refractivity contribution in [1.29, 1.82) is 0 Å². The second kappa shape index (κ2) is 7.51. The summed E-state index contributed by atoms with van der Waals surface area (Å²) in [6.07, 6.45) is 6.64. The first-order chi connectivity index (χ1) is 9.35. The third-order valence-corrected chi connectivity index (χ3v) is 4.13. The molecule has 0 aliphatic heterocycles. The van der Waals surface area contributed by atoms with Gasteiger partial charge in [0.05, 0.1) is 13.7 Å². The highest BCUT2D eigenvalue weighted by Gasteiger charge is 2.27. The lowest BCUT2D eigenvalue weighted by Gasteiger charge is -2.28. The van der Waals surface area contributed by atoms with E-state index in [1.165, 1.54) is 31.2 Å². The van der Waals surface area contributed by atoms with Gasteiger partial charge in [0.2, 0.25) is 0 Å². The van der Waals surface area contributed by atoms with Crippen LogP contribution in [0.4, 0.5) is 0 Å². The Kier molecular flexibility index (Phi) is 5.67. The zero-order valence-corrected chi connectivity index (χ0v) is 12.1. The lowest BCUT2D eigenvalue weighted by molar-refractivity contribution is -0.698. The molecule has 1 aliphatic rings. The van der Waals surface area contributed by atoms with E-state index in [0.29, 0.717) is 12.1 Å². The summed E-state index contributed by atoms with van der Waals surface area (Å²) in [5.41, 5.74) is 1.30. The van der Waals surface area contributed by atoms with Gasteiger partial charge in [0.25, 0.3) is 0 Å². The smallest absolute Gasteiger partial charge is 0.122 e. The Morgan fingerprint density at radius 2 is 1.95 bits per heavy atom. The predicted molar refractivity (Wildman–Crippen MR) is 76.5 cm³/mol. The van der Waals surface area contributed by atoms with Crippen molar-refractivity contribution in [2.75, 3.05) is 20.8 Å². The SMILES string of the molecule is COc1ccccc1CC[NH2+][C@@H]1CCCC[C@H]1OC. The minimum absolute atomic E-state index is 0.436. The summed E-state index contributed by atoms with van der Waals surface area (Å²) < 4.78 is 11.0. The van der Waals surface area contributed by atoms with E-state index < -0.39 is 0 Å². The lowest BCUT2D eigenvalue weighted by Crippen LogP contribution is -2.93. The van der Waals surface area contributed by atoms with E-state index >= 15 is 0 Å². The number of para-hydroxylation sites is 1. The summed E-state index contributed by atoms with van der Waals surface area (Å²) in [6, 6.07) is 8.92. The highest BCUT2D eigenvalue weighted by Crippen LogP contribution is 2.19. The summed E-state index contributed by atoms with van der Waals surface area (Å²) in [5, 5.41) is 2.46. The largest absolute Gasteiger partial charge is 0.496 e. The molecule has 106 valence electrons. The first-order valence-corrected chi connectivity index (χ1v) is 7.33. The monoisotopic (exact) mass is 264 g/mol. The quantitative estimate of drug-likeness (QED) is 0.849. The van der Waals surface area contributed by atoms with Gasteiger partial charge in [-0.2, -0.15) is 0 Å². The summed E-state index contributed by atoms with van der Waals surface area (Å²) in [6.45, 7) is 1.10. The fourth-order valence-corrected chi connectivity index (χ4v) is 3.05. The molecular formula is C16H26NO2+. The zero-order chi connectivity index (χ0) is 13.5. The molecule has 0 spiro atoms. The first-order valence-electron chi connectivity index (χ1n) is 7.33. The van der Waals surface area contributed by atoms with E-state index in [2.05, 4.69) is 17.4 Å². The fraction of sp³-hybridized carbons (Fsp3) is 0.625. The maximum atomic E-state index is 5.60. The molecule has 1 fully saturated rings. The van der Waals surface area contributed by atoms with Gasteiger partial charge >= 0.3 is 0 Å². The number of hydrogen-bond acceptors (Lipinski definition) is 2. The third-order valence-electron chi connectivity index (χ3n) is 4.13. The Labute approximate surface area is 116 Å². The van der Waals surface area contributed by atoms with Gasteiger partial charge in [0, 0.05) is 20.0 Å². The number of quaternary nitrogens is 1. The van der Waals surface area contributed by atoms with Crippen molar-refractivity contribution >= 4 is 0 Å². The van der Waals surface area contributed by atoms with E-state index in [-0.39, 0.29) is 0 Å². The molecule has 2 rings (SSSR count). The number of nitrogens with two attached hydrogens (primary N) is 1. The Bertz CT molecular complexity index is 381. The Balaban J connectivity index is 1.82. The molecule has 1 saturated carbocycles. The van der Waals surface area contributed by atoms with Crippen LogP contribution in [0.25, 0.3) is 0 Å². The summed E-state index contributed by atoms with van der Waals surface area (Å²) in [5.74, 6) is 1.00. The second-order valence-electron chi connectivity index (χ2n) is 5.31. The van der Waals surface area contributed by atoms with Crippen LogP contribution in [0.2, 0.25) is 0 Å². The van der Waals surface area contributed by atoms with Gasteiger partial charge in [-0.05, 0) is 24.5 Å².